The minimum atomic E-state index is 0.198. The van der Waals surface area contributed by atoms with Gasteiger partial charge in [-0.1, -0.05) is 0 Å². The first-order valence-electron chi connectivity index (χ1n) is 7.14. The van der Waals surface area contributed by atoms with Gasteiger partial charge in [0.1, 0.15) is 5.76 Å². The fourth-order valence-corrected chi connectivity index (χ4v) is 3.89. The molecule has 4 nitrogen and oxygen atoms in total. The number of nitrogens with zero attached hydrogens (tertiary/aromatic N) is 2. The topological polar surface area (TPSA) is 45.6 Å². The van der Waals surface area contributed by atoms with E-state index in [4.69, 9.17) is 10.2 Å². The van der Waals surface area contributed by atoms with Crippen LogP contribution in [0, 0.1) is 0 Å². The Morgan fingerprint density at radius 3 is 3.00 bits per heavy atom. The van der Waals surface area contributed by atoms with Crippen LogP contribution < -0.4 is 5.73 Å². The van der Waals surface area contributed by atoms with Crippen LogP contribution >= 0.6 is 15.9 Å². The van der Waals surface area contributed by atoms with Gasteiger partial charge in [0.2, 0.25) is 0 Å². The van der Waals surface area contributed by atoms with E-state index in [1.54, 1.807) is 0 Å². The lowest BCUT2D eigenvalue weighted by Gasteiger charge is -2.45. The van der Waals surface area contributed by atoms with Crippen LogP contribution in [0.3, 0.4) is 0 Å². The number of rotatable bonds is 3. The van der Waals surface area contributed by atoms with Crippen molar-refractivity contribution in [2.75, 3.05) is 26.2 Å². The van der Waals surface area contributed by atoms with Crippen LogP contribution in [-0.4, -0.2) is 48.1 Å². The molecule has 0 saturated carbocycles. The predicted octanol–water partition coefficient (Wildman–Crippen LogP) is 2.21. The summed E-state index contributed by atoms with van der Waals surface area (Å²) in [6.07, 6.45) is 2.66. The Bertz CT molecular complexity index is 436. The molecule has 1 aromatic heterocycles. The van der Waals surface area contributed by atoms with Gasteiger partial charge in [-0.15, -0.1) is 0 Å². The van der Waals surface area contributed by atoms with Crippen molar-refractivity contribution < 1.29 is 4.42 Å². The molecular formula is C14H22BrN3O. The average Bonchev–Trinajstić information content (AvgIpc) is 2.99. The van der Waals surface area contributed by atoms with E-state index in [-0.39, 0.29) is 6.04 Å². The first-order valence-corrected chi connectivity index (χ1v) is 7.93. The van der Waals surface area contributed by atoms with Crippen molar-refractivity contribution in [3.05, 3.63) is 22.6 Å². The Balaban J connectivity index is 1.78. The minimum Gasteiger partial charge on any atom is -0.453 e. The monoisotopic (exact) mass is 327 g/mol. The summed E-state index contributed by atoms with van der Waals surface area (Å²) in [6.45, 7) is 6.44. The molecule has 3 heterocycles. The van der Waals surface area contributed by atoms with Gasteiger partial charge in [-0.05, 0) is 54.4 Å². The summed E-state index contributed by atoms with van der Waals surface area (Å²) in [4.78, 5) is 5.16. The second kappa shape index (κ2) is 5.56. The highest BCUT2D eigenvalue weighted by molar-refractivity contribution is 9.10. The molecule has 1 aromatic rings. The van der Waals surface area contributed by atoms with Crippen LogP contribution in [0.5, 0.6) is 0 Å². The summed E-state index contributed by atoms with van der Waals surface area (Å²) < 4.78 is 6.52. The molecule has 0 aliphatic carbocycles. The molecule has 0 radical (unpaired) electrons. The molecule has 2 aliphatic heterocycles. The second-order valence-electron chi connectivity index (χ2n) is 5.73. The van der Waals surface area contributed by atoms with Crippen LogP contribution in [0.25, 0.3) is 0 Å². The van der Waals surface area contributed by atoms with Crippen molar-refractivity contribution in [3.63, 3.8) is 0 Å². The SMILES string of the molecule is CC1CN2CCCC2CN1C(CN)c1ccc(Br)o1. The first-order chi connectivity index (χ1) is 9.19. The van der Waals surface area contributed by atoms with E-state index in [0.717, 1.165) is 23.5 Å². The predicted molar refractivity (Wildman–Crippen MR) is 79.0 cm³/mol. The summed E-state index contributed by atoms with van der Waals surface area (Å²) in [5, 5.41) is 0. The zero-order chi connectivity index (χ0) is 13.4. The molecule has 2 N–H and O–H groups in total. The van der Waals surface area contributed by atoms with Crippen molar-refractivity contribution in [1.29, 1.82) is 0 Å². The Labute approximate surface area is 123 Å². The van der Waals surface area contributed by atoms with Gasteiger partial charge in [0.15, 0.2) is 4.67 Å². The molecule has 2 aliphatic rings. The smallest absolute Gasteiger partial charge is 0.169 e. The Morgan fingerprint density at radius 1 is 1.47 bits per heavy atom. The van der Waals surface area contributed by atoms with Gasteiger partial charge >= 0.3 is 0 Å². The van der Waals surface area contributed by atoms with Crippen molar-refractivity contribution >= 4 is 15.9 Å². The molecule has 3 rings (SSSR count). The van der Waals surface area contributed by atoms with Crippen LogP contribution in [0.15, 0.2) is 21.2 Å². The van der Waals surface area contributed by atoms with Gasteiger partial charge in [-0.3, -0.25) is 9.80 Å². The maximum Gasteiger partial charge on any atom is 0.169 e. The molecule has 2 fully saturated rings. The molecule has 2 saturated heterocycles. The average molecular weight is 328 g/mol. The summed E-state index contributed by atoms with van der Waals surface area (Å²) in [7, 11) is 0. The number of furan rings is 1. The summed E-state index contributed by atoms with van der Waals surface area (Å²) in [5.74, 6) is 0.979. The molecule has 0 aromatic carbocycles. The van der Waals surface area contributed by atoms with E-state index in [0.29, 0.717) is 18.6 Å². The third-order valence-electron chi connectivity index (χ3n) is 4.53. The summed E-state index contributed by atoms with van der Waals surface area (Å²) in [6, 6.07) is 5.43. The van der Waals surface area contributed by atoms with Crippen LogP contribution in [0.2, 0.25) is 0 Å². The number of fused-ring (bicyclic) bond motifs is 1. The van der Waals surface area contributed by atoms with Gasteiger partial charge in [0.25, 0.3) is 0 Å². The normalized spacial score (nSPS) is 30.5. The molecular weight excluding hydrogens is 306 g/mol. The standard InChI is InChI=1S/C14H22BrN3O/c1-10-8-17-6-2-3-11(17)9-18(10)12(7-16)13-4-5-14(15)19-13/h4-5,10-12H,2-3,6-9,16H2,1H3. The third kappa shape index (κ3) is 2.61. The van der Waals surface area contributed by atoms with E-state index in [9.17, 15) is 0 Å². The van der Waals surface area contributed by atoms with Crippen LogP contribution in [-0.2, 0) is 0 Å². The molecule has 0 spiro atoms. The van der Waals surface area contributed by atoms with Crippen LogP contribution in [0.1, 0.15) is 31.6 Å². The number of nitrogens with two attached hydrogens (primary N) is 1. The van der Waals surface area contributed by atoms with Crippen molar-refractivity contribution in [2.45, 2.75) is 37.9 Å². The second-order valence-corrected chi connectivity index (χ2v) is 6.51. The lowest BCUT2D eigenvalue weighted by Crippen LogP contribution is -2.56. The fraction of sp³-hybridized carbons (Fsp3) is 0.714. The Kier molecular flexibility index (Phi) is 3.98. The molecule has 3 atom stereocenters. The summed E-state index contributed by atoms with van der Waals surface area (Å²) in [5.41, 5.74) is 6.01. The highest BCUT2D eigenvalue weighted by atomic mass is 79.9. The molecule has 0 bridgehead atoms. The largest absolute Gasteiger partial charge is 0.453 e. The highest BCUT2D eigenvalue weighted by Crippen LogP contribution is 2.32. The summed E-state index contributed by atoms with van der Waals surface area (Å²) >= 11 is 3.38. The molecule has 19 heavy (non-hydrogen) atoms. The van der Waals surface area contributed by atoms with Crippen molar-refractivity contribution in [3.8, 4) is 0 Å². The molecule has 5 heteroatoms. The molecule has 3 unspecified atom stereocenters. The lowest BCUT2D eigenvalue weighted by molar-refractivity contribution is 0.0230. The quantitative estimate of drug-likeness (QED) is 0.924. The van der Waals surface area contributed by atoms with E-state index in [1.807, 2.05) is 12.1 Å². The fourth-order valence-electron chi connectivity index (χ4n) is 3.57. The Hall–Kier alpha value is -0.360. The number of piperazine rings is 1. The maximum atomic E-state index is 6.01. The number of hydrogen-bond donors (Lipinski definition) is 1. The third-order valence-corrected chi connectivity index (χ3v) is 4.96. The number of halogens is 1. The molecule has 106 valence electrons. The zero-order valence-corrected chi connectivity index (χ0v) is 13.0. The Morgan fingerprint density at radius 2 is 2.32 bits per heavy atom. The highest BCUT2D eigenvalue weighted by Gasteiger charge is 2.38. The van der Waals surface area contributed by atoms with Gasteiger partial charge in [-0.2, -0.15) is 0 Å². The first kappa shape index (κ1) is 13.6. The van der Waals surface area contributed by atoms with E-state index in [1.165, 1.54) is 19.4 Å². The van der Waals surface area contributed by atoms with E-state index in [2.05, 4.69) is 32.7 Å². The maximum absolute atomic E-state index is 6.01. The lowest BCUT2D eigenvalue weighted by atomic mass is 10.0. The van der Waals surface area contributed by atoms with E-state index >= 15 is 0 Å². The van der Waals surface area contributed by atoms with Crippen molar-refractivity contribution in [1.82, 2.24) is 9.80 Å². The van der Waals surface area contributed by atoms with E-state index < -0.39 is 0 Å². The van der Waals surface area contributed by atoms with Crippen LogP contribution in [0.4, 0.5) is 0 Å². The zero-order valence-electron chi connectivity index (χ0n) is 11.4. The molecule has 0 amide bonds. The van der Waals surface area contributed by atoms with Gasteiger partial charge < -0.3 is 10.2 Å². The van der Waals surface area contributed by atoms with Gasteiger partial charge in [-0.25, -0.2) is 0 Å². The number of hydrogen-bond acceptors (Lipinski definition) is 4. The van der Waals surface area contributed by atoms with Crippen molar-refractivity contribution in [2.24, 2.45) is 5.73 Å². The van der Waals surface area contributed by atoms with Gasteiger partial charge in [0.05, 0.1) is 6.04 Å². The minimum absolute atomic E-state index is 0.198. The van der Waals surface area contributed by atoms with Gasteiger partial charge in [0, 0.05) is 31.7 Å².